The van der Waals surface area contributed by atoms with E-state index in [1.165, 1.54) is 43.0 Å². The van der Waals surface area contributed by atoms with Crippen LogP contribution in [0, 0.1) is 6.92 Å². The van der Waals surface area contributed by atoms with Crippen LogP contribution >= 0.6 is 11.6 Å². The van der Waals surface area contributed by atoms with E-state index in [0.717, 1.165) is 11.1 Å². The standard InChI is InChI=1S/C32H28ClNO6/c1-19-4-6-21(7-5-19)14-28(29(36)15-22-8-10-23(11-9-22)32(38)39)34-18-30(40-3)27(17-31(34)37)26-16-24(33)12-13-25(26)20(2)35/h4-13,16-18,28H,14-15H2,1-3H3,(H,38,39). The van der Waals surface area contributed by atoms with Gasteiger partial charge in [0.25, 0.3) is 5.56 Å². The highest BCUT2D eigenvalue weighted by molar-refractivity contribution is 6.31. The van der Waals surface area contributed by atoms with E-state index in [9.17, 15) is 24.3 Å². The summed E-state index contributed by atoms with van der Waals surface area (Å²) in [5.41, 5.74) is 3.47. The first-order valence-electron chi connectivity index (χ1n) is 12.6. The number of carbonyl (C=O) groups is 3. The third-order valence-corrected chi connectivity index (χ3v) is 6.99. The van der Waals surface area contributed by atoms with Gasteiger partial charge in [-0.2, -0.15) is 0 Å². The zero-order chi connectivity index (χ0) is 29.0. The van der Waals surface area contributed by atoms with Crippen LogP contribution in [0.15, 0.2) is 83.8 Å². The van der Waals surface area contributed by atoms with Gasteiger partial charge in [-0.3, -0.25) is 14.4 Å². The molecule has 0 spiro atoms. The topological polar surface area (TPSA) is 103 Å². The maximum absolute atomic E-state index is 13.7. The van der Waals surface area contributed by atoms with Gasteiger partial charge in [0.1, 0.15) is 5.75 Å². The van der Waals surface area contributed by atoms with Gasteiger partial charge in [-0.25, -0.2) is 4.79 Å². The third-order valence-electron chi connectivity index (χ3n) is 6.75. The number of hydrogen-bond donors (Lipinski definition) is 1. The molecular weight excluding hydrogens is 530 g/mol. The molecule has 0 radical (unpaired) electrons. The first-order chi connectivity index (χ1) is 19.1. The molecule has 1 aromatic heterocycles. The van der Waals surface area contributed by atoms with Gasteiger partial charge < -0.3 is 14.4 Å². The van der Waals surface area contributed by atoms with Crippen LogP contribution in [0.2, 0.25) is 5.02 Å². The molecule has 0 saturated heterocycles. The highest BCUT2D eigenvalue weighted by Gasteiger charge is 2.25. The van der Waals surface area contributed by atoms with E-state index in [2.05, 4.69) is 0 Å². The number of Topliss-reactive ketones (excluding diaryl/α,β-unsaturated/α-hetero) is 2. The Morgan fingerprint density at radius 3 is 2.17 bits per heavy atom. The molecule has 3 aromatic carbocycles. The van der Waals surface area contributed by atoms with Crippen molar-refractivity contribution in [1.82, 2.24) is 4.57 Å². The predicted octanol–water partition coefficient (Wildman–Crippen LogP) is 5.98. The Morgan fingerprint density at radius 1 is 0.925 bits per heavy atom. The van der Waals surface area contributed by atoms with Crippen LogP contribution in [0.3, 0.4) is 0 Å². The summed E-state index contributed by atoms with van der Waals surface area (Å²) < 4.78 is 6.99. The largest absolute Gasteiger partial charge is 0.495 e. The number of methoxy groups -OCH3 is 1. The summed E-state index contributed by atoms with van der Waals surface area (Å²) in [5.74, 6) is -1.18. The number of ether oxygens (including phenoxy) is 1. The van der Waals surface area contributed by atoms with Gasteiger partial charge in [0.2, 0.25) is 0 Å². The second-order valence-electron chi connectivity index (χ2n) is 9.60. The Hall–Kier alpha value is -4.49. The number of aromatic nitrogens is 1. The molecule has 0 saturated carbocycles. The molecule has 1 atom stereocenters. The fraction of sp³-hybridized carbons (Fsp3) is 0.188. The molecule has 7 nitrogen and oxygen atoms in total. The molecule has 8 heteroatoms. The van der Waals surface area contributed by atoms with Crippen molar-refractivity contribution in [2.24, 2.45) is 0 Å². The van der Waals surface area contributed by atoms with Crippen molar-refractivity contribution in [1.29, 1.82) is 0 Å². The molecule has 1 heterocycles. The van der Waals surface area contributed by atoms with Crippen molar-refractivity contribution in [2.75, 3.05) is 7.11 Å². The lowest BCUT2D eigenvalue weighted by Crippen LogP contribution is -2.32. The lowest BCUT2D eigenvalue weighted by Gasteiger charge is -2.22. The van der Waals surface area contributed by atoms with Crippen LogP contribution in [-0.4, -0.2) is 34.3 Å². The summed E-state index contributed by atoms with van der Waals surface area (Å²) in [6.45, 7) is 3.39. The molecule has 40 heavy (non-hydrogen) atoms. The van der Waals surface area contributed by atoms with Crippen LogP contribution in [-0.2, 0) is 17.6 Å². The first-order valence-corrected chi connectivity index (χ1v) is 13.0. The van der Waals surface area contributed by atoms with E-state index in [1.54, 1.807) is 30.3 Å². The number of rotatable bonds is 10. The van der Waals surface area contributed by atoms with Crippen LogP contribution in [0.4, 0.5) is 0 Å². The molecule has 204 valence electrons. The molecular formula is C32H28ClNO6. The quantitative estimate of drug-likeness (QED) is 0.241. The number of carbonyl (C=O) groups excluding carboxylic acids is 2. The lowest BCUT2D eigenvalue weighted by atomic mass is 9.95. The number of hydrogen-bond acceptors (Lipinski definition) is 5. The maximum Gasteiger partial charge on any atom is 0.335 e. The van der Waals surface area contributed by atoms with E-state index >= 15 is 0 Å². The van der Waals surface area contributed by atoms with Gasteiger partial charge in [-0.15, -0.1) is 0 Å². The number of carboxylic acid groups (broad SMARTS) is 1. The van der Waals surface area contributed by atoms with Crippen LogP contribution in [0.1, 0.15) is 50.4 Å². The number of aromatic carboxylic acids is 1. The van der Waals surface area contributed by atoms with Gasteiger partial charge in [-0.05, 0) is 60.9 Å². The molecule has 1 unspecified atom stereocenters. The van der Waals surface area contributed by atoms with Gasteiger partial charge in [0.15, 0.2) is 11.6 Å². The highest BCUT2D eigenvalue weighted by atomic mass is 35.5. The molecule has 0 aliphatic heterocycles. The monoisotopic (exact) mass is 557 g/mol. The number of pyridine rings is 1. The van der Waals surface area contributed by atoms with E-state index in [1.807, 2.05) is 31.2 Å². The van der Waals surface area contributed by atoms with Crippen molar-refractivity contribution in [3.8, 4) is 16.9 Å². The van der Waals surface area contributed by atoms with Crippen molar-refractivity contribution in [3.05, 3.63) is 122 Å². The van der Waals surface area contributed by atoms with Gasteiger partial charge in [-0.1, -0.05) is 53.6 Å². The van der Waals surface area contributed by atoms with Gasteiger partial charge >= 0.3 is 5.97 Å². The highest BCUT2D eigenvalue weighted by Crippen LogP contribution is 2.34. The van der Waals surface area contributed by atoms with Crippen LogP contribution < -0.4 is 10.3 Å². The second-order valence-corrected chi connectivity index (χ2v) is 10.0. The van der Waals surface area contributed by atoms with E-state index in [-0.39, 0.29) is 30.0 Å². The van der Waals surface area contributed by atoms with E-state index in [0.29, 0.717) is 33.0 Å². The molecule has 0 aliphatic carbocycles. The van der Waals surface area contributed by atoms with Crippen LogP contribution in [0.25, 0.3) is 11.1 Å². The average Bonchev–Trinajstić information content (AvgIpc) is 2.92. The molecule has 0 amide bonds. The molecule has 0 bridgehead atoms. The Morgan fingerprint density at radius 2 is 1.57 bits per heavy atom. The summed E-state index contributed by atoms with van der Waals surface area (Å²) >= 11 is 6.22. The Balaban J connectivity index is 1.80. The molecule has 0 aliphatic rings. The SMILES string of the molecule is COc1cn(C(Cc2ccc(C)cc2)C(=O)Cc2ccc(C(=O)O)cc2)c(=O)cc1-c1cc(Cl)ccc1C(C)=O. The van der Waals surface area contributed by atoms with E-state index < -0.39 is 17.6 Å². The zero-order valence-electron chi connectivity index (χ0n) is 22.3. The minimum Gasteiger partial charge on any atom is -0.495 e. The summed E-state index contributed by atoms with van der Waals surface area (Å²) in [7, 11) is 1.45. The van der Waals surface area contributed by atoms with Crippen molar-refractivity contribution < 1.29 is 24.2 Å². The van der Waals surface area contributed by atoms with Crippen molar-refractivity contribution >= 4 is 29.1 Å². The number of benzene rings is 3. The molecule has 0 fully saturated rings. The molecule has 4 aromatic rings. The summed E-state index contributed by atoms with van der Waals surface area (Å²) in [6.07, 6.45) is 1.74. The Kier molecular flexibility index (Phi) is 8.65. The summed E-state index contributed by atoms with van der Waals surface area (Å²) in [5, 5.41) is 9.58. The van der Waals surface area contributed by atoms with E-state index in [4.69, 9.17) is 16.3 Å². The Bertz CT molecular complexity index is 1640. The summed E-state index contributed by atoms with van der Waals surface area (Å²) in [6, 6.07) is 19.1. The minimum absolute atomic E-state index is 0.00425. The Labute approximate surface area is 236 Å². The second kappa shape index (κ2) is 12.1. The summed E-state index contributed by atoms with van der Waals surface area (Å²) in [4.78, 5) is 50.8. The van der Waals surface area contributed by atoms with Crippen molar-refractivity contribution in [3.63, 3.8) is 0 Å². The minimum atomic E-state index is -1.05. The van der Waals surface area contributed by atoms with Crippen molar-refractivity contribution in [2.45, 2.75) is 32.7 Å². The third kappa shape index (κ3) is 6.38. The predicted molar refractivity (Wildman–Crippen MR) is 154 cm³/mol. The molecule has 4 rings (SSSR count). The maximum atomic E-state index is 13.7. The fourth-order valence-electron chi connectivity index (χ4n) is 4.59. The van der Waals surface area contributed by atoms with Crippen LogP contribution in [0.5, 0.6) is 5.75 Å². The number of carboxylic acids is 1. The normalized spacial score (nSPS) is 11.6. The number of aryl methyl sites for hydroxylation is 1. The smallest absolute Gasteiger partial charge is 0.335 e. The van der Waals surface area contributed by atoms with Gasteiger partial charge in [0, 0.05) is 35.1 Å². The zero-order valence-corrected chi connectivity index (χ0v) is 23.1. The first kappa shape index (κ1) is 28.5. The molecule has 1 N–H and O–H groups in total. The average molecular weight is 558 g/mol. The van der Waals surface area contributed by atoms with Gasteiger partial charge in [0.05, 0.1) is 24.9 Å². The lowest BCUT2D eigenvalue weighted by molar-refractivity contribution is -0.121. The number of nitrogens with zero attached hydrogens (tertiary/aromatic N) is 1. The number of ketones is 2. The number of halogens is 1. The fourth-order valence-corrected chi connectivity index (χ4v) is 4.76.